The molecule has 5 heteroatoms. The average molecular weight is 342 g/mol. The van der Waals surface area contributed by atoms with Crippen molar-refractivity contribution in [1.82, 2.24) is 0 Å². The lowest BCUT2D eigenvalue weighted by molar-refractivity contribution is 0.0635. The SMILES string of the molecule is CC(C)(C)OC(=O)Nc1ccc(C#CCCBr)cc1F. The molecule has 108 valence electrons. The van der Waals surface area contributed by atoms with Crippen LogP contribution in [0, 0.1) is 17.7 Å². The number of hydrogen-bond donors (Lipinski definition) is 1. The highest BCUT2D eigenvalue weighted by Crippen LogP contribution is 2.17. The highest BCUT2D eigenvalue weighted by atomic mass is 79.9. The Labute approximate surface area is 127 Å². The maximum absolute atomic E-state index is 13.8. The third-order valence-corrected chi connectivity index (χ3v) is 2.45. The van der Waals surface area contributed by atoms with Crippen molar-refractivity contribution in [2.24, 2.45) is 0 Å². The highest BCUT2D eigenvalue weighted by Gasteiger charge is 2.17. The first-order valence-electron chi connectivity index (χ1n) is 6.16. The van der Waals surface area contributed by atoms with Crippen LogP contribution in [-0.4, -0.2) is 17.0 Å². The van der Waals surface area contributed by atoms with E-state index in [2.05, 4.69) is 33.1 Å². The van der Waals surface area contributed by atoms with E-state index in [0.29, 0.717) is 12.0 Å². The van der Waals surface area contributed by atoms with Gasteiger partial charge in [-0.1, -0.05) is 27.8 Å². The molecule has 0 unspecified atom stereocenters. The van der Waals surface area contributed by atoms with Crippen molar-refractivity contribution >= 4 is 27.7 Å². The molecule has 0 saturated carbocycles. The first-order valence-corrected chi connectivity index (χ1v) is 7.28. The molecule has 0 fully saturated rings. The number of benzene rings is 1. The van der Waals surface area contributed by atoms with Crippen molar-refractivity contribution in [3.05, 3.63) is 29.6 Å². The molecule has 0 bridgehead atoms. The van der Waals surface area contributed by atoms with E-state index in [1.165, 1.54) is 12.1 Å². The quantitative estimate of drug-likeness (QED) is 0.643. The Morgan fingerprint density at radius 3 is 2.70 bits per heavy atom. The zero-order chi connectivity index (χ0) is 15.2. The second-order valence-electron chi connectivity index (χ2n) is 5.06. The van der Waals surface area contributed by atoms with Crippen LogP contribution in [0.15, 0.2) is 18.2 Å². The van der Waals surface area contributed by atoms with Crippen molar-refractivity contribution in [1.29, 1.82) is 0 Å². The van der Waals surface area contributed by atoms with Gasteiger partial charge in [-0.3, -0.25) is 5.32 Å². The van der Waals surface area contributed by atoms with Gasteiger partial charge in [-0.05, 0) is 39.0 Å². The molecule has 0 spiro atoms. The Bertz CT molecular complexity index is 541. The fourth-order valence-electron chi connectivity index (χ4n) is 1.32. The Morgan fingerprint density at radius 1 is 1.45 bits per heavy atom. The lowest BCUT2D eigenvalue weighted by Crippen LogP contribution is -2.27. The molecule has 0 aliphatic rings. The number of anilines is 1. The molecule has 1 amide bonds. The fraction of sp³-hybridized carbons (Fsp3) is 0.400. The number of nitrogens with one attached hydrogen (secondary N) is 1. The molecule has 1 aromatic rings. The van der Waals surface area contributed by atoms with Gasteiger partial charge in [0.1, 0.15) is 11.4 Å². The van der Waals surface area contributed by atoms with Crippen molar-refractivity contribution in [2.45, 2.75) is 32.8 Å². The molecule has 0 atom stereocenters. The molecular weight excluding hydrogens is 325 g/mol. The minimum atomic E-state index is -0.686. The summed E-state index contributed by atoms with van der Waals surface area (Å²) in [4.78, 5) is 11.5. The number of alkyl halides is 1. The predicted octanol–water partition coefficient (Wildman–Crippen LogP) is 4.31. The summed E-state index contributed by atoms with van der Waals surface area (Å²) in [6, 6.07) is 4.41. The lowest BCUT2D eigenvalue weighted by Gasteiger charge is -2.19. The number of amides is 1. The van der Waals surface area contributed by atoms with Crippen LogP contribution in [-0.2, 0) is 4.74 Å². The first kappa shape index (κ1) is 16.5. The van der Waals surface area contributed by atoms with E-state index in [1.54, 1.807) is 26.8 Å². The van der Waals surface area contributed by atoms with E-state index in [-0.39, 0.29) is 5.69 Å². The number of ether oxygens (including phenoxy) is 1. The molecular formula is C15H17BrFNO2. The number of carbonyl (C=O) groups is 1. The van der Waals surface area contributed by atoms with Crippen LogP contribution in [0.25, 0.3) is 0 Å². The van der Waals surface area contributed by atoms with Crippen molar-refractivity contribution < 1.29 is 13.9 Å². The van der Waals surface area contributed by atoms with Crippen molar-refractivity contribution in [3.8, 4) is 11.8 Å². The Balaban J connectivity index is 2.74. The fourth-order valence-corrected chi connectivity index (χ4v) is 1.52. The summed E-state index contributed by atoms with van der Waals surface area (Å²) in [5.41, 5.74) is 0.0188. The molecule has 20 heavy (non-hydrogen) atoms. The number of rotatable bonds is 2. The van der Waals surface area contributed by atoms with E-state index in [9.17, 15) is 9.18 Å². The third-order valence-electron chi connectivity index (χ3n) is 2.06. The summed E-state index contributed by atoms with van der Waals surface area (Å²) in [5, 5.41) is 3.15. The van der Waals surface area contributed by atoms with Gasteiger partial charge in [0.2, 0.25) is 0 Å². The van der Waals surface area contributed by atoms with E-state index in [0.717, 1.165) is 5.33 Å². The molecule has 0 radical (unpaired) electrons. The summed E-state index contributed by atoms with van der Waals surface area (Å²) in [5.74, 6) is 5.20. The van der Waals surface area contributed by atoms with Gasteiger partial charge in [-0.15, -0.1) is 0 Å². The summed E-state index contributed by atoms with van der Waals surface area (Å²) >= 11 is 3.26. The first-order chi connectivity index (χ1) is 9.31. The summed E-state index contributed by atoms with van der Waals surface area (Å²) in [6.45, 7) is 5.22. The minimum absolute atomic E-state index is 0.0743. The van der Waals surface area contributed by atoms with Crippen LogP contribution in [0.1, 0.15) is 32.8 Å². The smallest absolute Gasteiger partial charge is 0.412 e. The zero-order valence-electron chi connectivity index (χ0n) is 11.7. The largest absolute Gasteiger partial charge is 0.444 e. The summed E-state index contributed by atoms with van der Waals surface area (Å²) in [7, 11) is 0. The number of carbonyl (C=O) groups excluding carboxylic acids is 1. The summed E-state index contributed by atoms with van der Waals surface area (Å²) < 4.78 is 18.9. The van der Waals surface area contributed by atoms with Gasteiger partial charge in [0.25, 0.3) is 0 Å². The van der Waals surface area contributed by atoms with Crippen LogP contribution < -0.4 is 5.32 Å². The predicted molar refractivity (Wildman–Crippen MR) is 81.5 cm³/mol. The van der Waals surface area contributed by atoms with Crippen molar-refractivity contribution in [2.75, 3.05) is 10.6 Å². The van der Waals surface area contributed by atoms with Crippen LogP contribution in [0.3, 0.4) is 0 Å². The van der Waals surface area contributed by atoms with E-state index in [4.69, 9.17) is 4.74 Å². The molecule has 1 rings (SSSR count). The molecule has 0 heterocycles. The monoisotopic (exact) mass is 341 g/mol. The highest BCUT2D eigenvalue weighted by molar-refractivity contribution is 9.09. The van der Waals surface area contributed by atoms with Gasteiger partial charge in [-0.25, -0.2) is 9.18 Å². The van der Waals surface area contributed by atoms with Crippen LogP contribution in [0.2, 0.25) is 0 Å². The zero-order valence-corrected chi connectivity index (χ0v) is 13.3. The Hall–Kier alpha value is -1.54. The van der Waals surface area contributed by atoms with Gasteiger partial charge in [0.05, 0.1) is 5.69 Å². The number of hydrogen-bond acceptors (Lipinski definition) is 2. The molecule has 0 aliphatic carbocycles. The minimum Gasteiger partial charge on any atom is -0.444 e. The van der Waals surface area contributed by atoms with Gasteiger partial charge in [-0.2, -0.15) is 0 Å². The van der Waals surface area contributed by atoms with Crippen LogP contribution in [0.5, 0.6) is 0 Å². The van der Waals surface area contributed by atoms with Gasteiger partial charge >= 0.3 is 6.09 Å². The van der Waals surface area contributed by atoms with Gasteiger partial charge in [0, 0.05) is 17.3 Å². The topological polar surface area (TPSA) is 38.3 Å². The van der Waals surface area contributed by atoms with E-state index < -0.39 is 17.5 Å². The standard InChI is InChI=1S/C15H17BrFNO2/c1-15(2,3)20-14(19)18-13-8-7-11(10-12(13)17)6-4-5-9-16/h7-8,10H,5,9H2,1-3H3,(H,18,19). The van der Waals surface area contributed by atoms with Crippen LogP contribution in [0.4, 0.5) is 14.9 Å². The second-order valence-corrected chi connectivity index (χ2v) is 5.86. The number of halogens is 2. The maximum atomic E-state index is 13.8. The van der Waals surface area contributed by atoms with Gasteiger partial charge < -0.3 is 4.74 Å². The second kappa shape index (κ2) is 7.30. The third kappa shape index (κ3) is 6.07. The maximum Gasteiger partial charge on any atom is 0.412 e. The van der Waals surface area contributed by atoms with Crippen LogP contribution >= 0.6 is 15.9 Å². The van der Waals surface area contributed by atoms with Gasteiger partial charge in [0.15, 0.2) is 0 Å². The molecule has 3 nitrogen and oxygen atoms in total. The Kier molecular flexibility index (Phi) is 6.03. The summed E-state index contributed by atoms with van der Waals surface area (Å²) in [6.07, 6.45) is 0.00835. The lowest BCUT2D eigenvalue weighted by atomic mass is 10.2. The van der Waals surface area contributed by atoms with E-state index in [1.807, 2.05) is 0 Å². The normalized spacial score (nSPS) is 10.4. The van der Waals surface area contributed by atoms with E-state index >= 15 is 0 Å². The average Bonchev–Trinajstić information content (AvgIpc) is 2.30. The Morgan fingerprint density at radius 2 is 2.15 bits per heavy atom. The molecule has 0 saturated heterocycles. The molecule has 0 aliphatic heterocycles. The molecule has 1 N–H and O–H groups in total. The van der Waals surface area contributed by atoms with Crippen molar-refractivity contribution in [3.63, 3.8) is 0 Å². The molecule has 0 aromatic heterocycles. The molecule has 1 aromatic carbocycles.